The Bertz CT molecular complexity index is 416. The smallest absolute Gasteiger partial charge is 0.129 e. The molecule has 1 heterocycles. The molecule has 0 saturated carbocycles. The van der Waals surface area contributed by atoms with Crippen LogP contribution in [0.15, 0.2) is 12.1 Å². The van der Waals surface area contributed by atoms with E-state index in [0.29, 0.717) is 0 Å². The summed E-state index contributed by atoms with van der Waals surface area (Å²) in [6.45, 7) is 11.2. The van der Waals surface area contributed by atoms with E-state index in [9.17, 15) is 4.39 Å². The van der Waals surface area contributed by atoms with Crippen molar-refractivity contribution >= 4 is 0 Å². The van der Waals surface area contributed by atoms with Crippen LogP contribution in [0.2, 0.25) is 0 Å². The maximum atomic E-state index is 13.5. The van der Waals surface area contributed by atoms with Crippen LogP contribution in [0.25, 0.3) is 0 Å². The zero-order chi connectivity index (χ0) is 14.5. The summed E-state index contributed by atoms with van der Waals surface area (Å²) in [7, 11) is 2.18. The Morgan fingerprint density at radius 1 is 1.10 bits per heavy atom. The number of hydrogen-bond donors (Lipinski definition) is 1. The van der Waals surface area contributed by atoms with Gasteiger partial charge >= 0.3 is 0 Å². The van der Waals surface area contributed by atoms with E-state index in [2.05, 4.69) is 22.2 Å². The van der Waals surface area contributed by atoms with Crippen molar-refractivity contribution in [2.75, 3.05) is 46.3 Å². The molecule has 1 aliphatic heterocycles. The highest BCUT2D eigenvalue weighted by atomic mass is 19.1. The summed E-state index contributed by atoms with van der Waals surface area (Å²) in [5.41, 5.74) is 2.64. The monoisotopic (exact) mass is 279 g/mol. The van der Waals surface area contributed by atoms with E-state index in [1.54, 1.807) is 0 Å². The van der Waals surface area contributed by atoms with Crippen LogP contribution >= 0.6 is 0 Å². The van der Waals surface area contributed by atoms with E-state index in [-0.39, 0.29) is 5.82 Å². The topological polar surface area (TPSA) is 18.5 Å². The number of nitrogens with zero attached hydrogens (tertiary/aromatic N) is 2. The fraction of sp³-hybridized carbons (Fsp3) is 0.625. The summed E-state index contributed by atoms with van der Waals surface area (Å²) in [6, 6.07) is 3.87. The number of aryl methyl sites for hydroxylation is 2. The van der Waals surface area contributed by atoms with Gasteiger partial charge in [-0.1, -0.05) is 12.1 Å². The molecule has 0 amide bonds. The number of rotatable bonds is 5. The van der Waals surface area contributed by atoms with E-state index in [1.807, 2.05) is 26.0 Å². The molecule has 0 bridgehead atoms. The second kappa shape index (κ2) is 7.16. The molecular formula is C16H26FN3. The molecule has 1 aromatic carbocycles. The second-order valence-electron chi connectivity index (χ2n) is 5.87. The highest BCUT2D eigenvalue weighted by Crippen LogP contribution is 2.14. The molecule has 1 N–H and O–H groups in total. The quantitative estimate of drug-likeness (QED) is 0.829. The van der Waals surface area contributed by atoms with Gasteiger partial charge in [-0.3, -0.25) is 4.90 Å². The summed E-state index contributed by atoms with van der Waals surface area (Å²) < 4.78 is 13.5. The van der Waals surface area contributed by atoms with Gasteiger partial charge < -0.3 is 10.2 Å². The minimum atomic E-state index is -0.0776. The zero-order valence-electron chi connectivity index (χ0n) is 12.9. The largest absolute Gasteiger partial charge is 0.311 e. The summed E-state index contributed by atoms with van der Waals surface area (Å²) in [5, 5.41) is 3.46. The average Bonchev–Trinajstić information content (AvgIpc) is 2.43. The van der Waals surface area contributed by atoms with Crippen molar-refractivity contribution in [3.63, 3.8) is 0 Å². The first kappa shape index (κ1) is 15.4. The Morgan fingerprint density at radius 2 is 1.70 bits per heavy atom. The van der Waals surface area contributed by atoms with Crippen molar-refractivity contribution in [3.05, 3.63) is 34.6 Å². The van der Waals surface area contributed by atoms with Gasteiger partial charge in [-0.15, -0.1) is 0 Å². The summed E-state index contributed by atoms with van der Waals surface area (Å²) in [6.07, 6.45) is 0. The van der Waals surface area contributed by atoms with Crippen molar-refractivity contribution < 1.29 is 4.39 Å². The van der Waals surface area contributed by atoms with Crippen LogP contribution in [0.5, 0.6) is 0 Å². The van der Waals surface area contributed by atoms with Gasteiger partial charge in [0.15, 0.2) is 0 Å². The van der Waals surface area contributed by atoms with E-state index < -0.39 is 0 Å². The number of piperazine rings is 1. The van der Waals surface area contributed by atoms with Crippen molar-refractivity contribution in [3.8, 4) is 0 Å². The SMILES string of the molecule is Cc1cc(CNCCN2CCN(C)CC2)cc(C)c1F. The molecule has 1 fully saturated rings. The second-order valence-corrected chi connectivity index (χ2v) is 5.87. The van der Waals surface area contributed by atoms with Crippen molar-refractivity contribution in [1.82, 2.24) is 15.1 Å². The number of likely N-dealkylation sites (N-methyl/N-ethyl adjacent to an activating group) is 1. The van der Waals surface area contributed by atoms with Crippen LogP contribution in [-0.2, 0) is 6.54 Å². The van der Waals surface area contributed by atoms with Gasteiger partial charge in [0, 0.05) is 45.8 Å². The third kappa shape index (κ3) is 4.27. The molecule has 3 nitrogen and oxygen atoms in total. The molecule has 0 unspecified atom stereocenters. The van der Waals surface area contributed by atoms with Crippen molar-refractivity contribution in [2.45, 2.75) is 20.4 Å². The van der Waals surface area contributed by atoms with Crippen LogP contribution in [0, 0.1) is 19.7 Å². The van der Waals surface area contributed by atoms with Crippen LogP contribution in [0.4, 0.5) is 4.39 Å². The highest BCUT2D eigenvalue weighted by molar-refractivity contribution is 5.30. The molecular weight excluding hydrogens is 253 g/mol. The molecule has 1 aromatic rings. The third-order valence-electron chi connectivity index (χ3n) is 4.03. The number of benzene rings is 1. The summed E-state index contributed by atoms with van der Waals surface area (Å²) >= 11 is 0. The van der Waals surface area contributed by atoms with Crippen molar-refractivity contribution in [2.24, 2.45) is 0 Å². The first-order valence-electron chi connectivity index (χ1n) is 7.43. The molecule has 0 spiro atoms. The first-order valence-corrected chi connectivity index (χ1v) is 7.43. The molecule has 1 saturated heterocycles. The lowest BCUT2D eigenvalue weighted by Gasteiger charge is -2.32. The molecule has 0 atom stereocenters. The van der Waals surface area contributed by atoms with Gasteiger partial charge in [0.25, 0.3) is 0 Å². The average molecular weight is 279 g/mol. The number of nitrogens with one attached hydrogen (secondary N) is 1. The van der Waals surface area contributed by atoms with E-state index >= 15 is 0 Å². The molecule has 2 rings (SSSR count). The third-order valence-corrected chi connectivity index (χ3v) is 4.03. The lowest BCUT2D eigenvalue weighted by molar-refractivity contribution is 0.154. The molecule has 1 aliphatic rings. The van der Waals surface area contributed by atoms with Crippen molar-refractivity contribution in [1.29, 1.82) is 0 Å². The first-order chi connectivity index (χ1) is 9.56. The van der Waals surface area contributed by atoms with Crippen LogP contribution < -0.4 is 5.32 Å². The summed E-state index contributed by atoms with van der Waals surface area (Å²) in [4.78, 5) is 4.86. The van der Waals surface area contributed by atoms with Crippen LogP contribution in [0.3, 0.4) is 0 Å². The molecule has 20 heavy (non-hydrogen) atoms. The van der Waals surface area contributed by atoms with Gasteiger partial charge in [0.05, 0.1) is 0 Å². The predicted octanol–water partition coefficient (Wildman–Crippen LogP) is 1.78. The predicted molar refractivity (Wildman–Crippen MR) is 81.5 cm³/mol. The number of halogens is 1. The van der Waals surface area contributed by atoms with Crippen LogP contribution in [0.1, 0.15) is 16.7 Å². The zero-order valence-corrected chi connectivity index (χ0v) is 12.9. The minimum absolute atomic E-state index is 0.0776. The van der Waals surface area contributed by atoms with E-state index in [4.69, 9.17) is 0 Å². The highest BCUT2D eigenvalue weighted by Gasteiger charge is 2.12. The Labute approximate surface area is 121 Å². The van der Waals surface area contributed by atoms with Gasteiger partial charge in [-0.25, -0.2) is 4.39 Å². The Kier molecular flexibility index (Phi) is 5.52. The fourth-order valence-electron chi connectivity index (χ4n) is 2.68. The Morgan fingerprint density at radius 3 is 2.30 bits per heavy atom. The normalized spacial score (nSPS) is 17.6. The van der Waals surface area contributed by atoms with Crippen LogP contribution in [-0.4, -0.2) is 56.1 Å². The molecule has 112 valence electrons. The Hall–Kier alpha value is -0.970. The Balaban J connectivity index is 1.71. The van der Waals surface area contributed by atoms with Gasteiger partial charge in [-0.05, 0) is 37.6 Å². The maximum absolute atomic E-state index is 13.5. The van der Waals surface area contributed by atoms with E-state index in [1.165, 1.54) is 5.56 Å². The summed E-state index contributed by atoms with van der Waals surface area (Å²) in [5.74, 6) is -0.0776. The maximum Gasteiger partial charge on any atom is 0.129 e. The standard InChI is InChI=1S/C16H26FN3/c1-13-10-15(11-14(2)16(13)17)12-18-4-5-20-8-6-19(3)7-9-20/h10-11,18H,4-9,12H2,1-3H3. The lowest BCUT2D eigenvalue weighted by atomic mass is 10.1. The fourth-order valence-corrected chi connectivity index (χ4v) is 2.68. The minimum Gasteiger partial charge on any atom is -0.311 e. The molecule has 0 radical (unpaired) electrons. The molecule has 4 heteroatoms. The van der Waals surface area contributed by atoms with Gasteiger partial charge in [-0.2, -0.15) is 0 Å². The van der Waals surface area contributed by atoms with Gasteiger partial charge in [0.1, 0.15) is 5.82 Å². The number of hydrogen-bond acceptors (Lipinski definition) is 3. The van der Waals surface area contributed by atoms with Gasteiger partial charge in [0.2, 0.25) is 0 Å². The van der Waals surface area contributed by atoms with E-state index in [0.717, 1.165) is 56.9 Å². The lowest BCUT2D eigenvalue weighted by Crippen LogP contribution is -2.46. The molecule has 0 aromatic heterocycles. The molecule has 0 aliphatic carbocycles.